The van der Waals surface area contributed by atoms with Crippen LogP contribution in [0.15, 0.2) is 42.5 Å². The van der Waals surface area contributed by atoms with E-state index in [4.69, 9.17) is 0 Å². The predicted octanol–water partition coefficient (Wildman–Crippen LogP) is 3.52. The lowest BCUT2D eigenvalue weighted by atomic mass is 10.1. The summed E-state index contributed by atoms with van der Waals surface area (Å²) in [6.07, 6.45) is 2.76. The highest BCUT2D eigenvalue weighted by atomic mass is 32.2. The van der Waals surface area contributed by atoms with Crippen molar-refractivity contribution in [2.24, 2.45) is 0 Å². The summed E-state index contributed by atoms with van der Waals surface area (Å²) in [5.41, 5.74) is 4.33. The molecule has 1 N–H and O–H groups in total. The minimum Gasteiger partial charge on any atom is -0.324 e. The van der Waals surface area contributed by atoms with E-state index in [1.54, 1.807) is 12.1 Å². The quantitative estimate of drug-likeness (QED) is 0.806. The molecule has 0 aliphatic carbocycles. The van der Waals surface area contributed by atoms with Gasteiger partial charge in [-0.05, 0) is 48.6 Å². The minimum absolute atomic E-state index is 0.262. The molecular weight excluding hydrogens is 348 g/mol. The van der Waals surface area contributed by atoms with E-state index in [1.807, 2.05) is 51.1 Å². The molecule has 0 bridgehead atoms. The highest BCUT2D eigenvalue weighted by Crippen LogP contribution is 2.22. The second-order valence-corrected chi connectivity index (χ2v) is 8.21. The average molecular weight is 375 g/mol. The monoisotopic (exact) mass is 374 g/mol. The normalized spacial score (nSPS) is 11.2. The molecule has 0 fully saturated rings. The number of amides is 1. The first-order valence-corrected chi connectivity index (χ1v) is 10.6. The molecule has 2 rings (SSSR count). The molecule has 26 heavy (non-hydrogen) atoms. The zero-order chi connectivity index (χ0) is 19.3. The van der Waals surface area contributed by atoms with Gasteiger partial charge in [-0.2, -0.15) is 0 Å². The molecule has 1 amide bonds. The fourth-order valence-electron chi connectivity index (χ4n) is 2.81. The number of sulfonamides is 1. The highest BCUT2D eigenvalue weighted by molar-refractivity contribution is 7.92. The van der Waals surface area contributed by atoms with Crippen LogP contribution in [0.2, 0.25) is 0 Å². The number of aryl methyl sites for hydroxylation is 3. The zero-order valence-corrected chi connectivity index (χ0v) is 16.6. The number of hydrogen-bond donors (Lipinski definition) is 1. The van der Waals surface area contributed by atoms with Gasteiger partial charge >= 0.3 is 0 Å². The van der Waals surface area contributed by atoms with E-state index < -0.39 is 10.0 Å². The highest BCUT2D eigenvalue weighted by Gasteiger charge is 2.21. The Morgan fingerprint density at radius 1 is 1.04 bits per heavy atom. The molecule has 5 nitrogen and oxygen atoms in total. The lowest BCUT2D eigenvalue weighted by molar-refractivity contribution is -0.114. The molecule has 0 atom stereocenters. The Hall–Kier alpha value is -2.34. The Labute approximate surface area is 156 Å². The van der Waals surface area contributed by atoms with Crippen molar-refractivity contribution in [1.82, 2.24) is 0 Å². The van der Waals surface area contributed by atoms with Gasteiger partial charge in [0.1, 0.15) is 6.54 Å². The number of hydrogen-bond acceptors (Lipinski definition) is 3. The fraction of sp³-hybridized carbons (Fsp3) is 0.350. The maximum atomic E-state index is 12.6. The van der Waals surface area contributed by atoms with Crippen LogP contribution in [0.5, 0.6) is 0 Å². The summed E-state index contributed by atoms with van der Waals surface area (Å²) < 4.78 is 25.6. The third-order valence-electron chi connectivity index (χ3n) is 4.32. The Kier molecular flexibility index (Phi) is 6.42. The van der Waals surface area contributed by atoms with Crippen LogP contribution < -0.4 is 9.62 Å². The van der Waals surface area contributed by atoms with Gasteiger partial charge in [0.15, 0.2) is 0 Å². The summed E-state index contributed by atoms with van der Waals surface area (Å²) >= 11 is 0. The van der Waals surface area contributed by atoms with Gasteiger partial charge in [-0.1, -0.05) is 44.2 Å². The molecule has 0 unspecified atom stereocenters. The maximum absolute atomic E-state index is 12.6. The minimum atomic E-state index is -3.58. The summed E-state index contributed by atoms with van der Waals surface area (Å²) in [4.78, 5) is 12.6. The number of para-hydroxylation sites is 1. The van der Waals surface area contributed by atoms with Crippen LogP contribution >= 0.6 is 0 Å². The summed E-state index contributed by atoms with van der Waals surface area (Å²) in [5, 5.41) is 2.88. The van der Waals surface area contributed by atoms with Gasteiger partial charge in [-0.25, -0.2) is 8.42 Å². The van der Waals surface area contributed by atoms with Crippen molar-refractivity contribution in [3.63, 3.8) is 0 Å². The Morgan fingerprint density at radius 3 is 2.23 bits per heavy atom. The SMILES string of the molecule is CCc1ccc(N(CC(=O)Nc2c(C)cccc2CC)S(C)(=O)=O)cc1. The summed E-state index contributed by atoms with van der Waals surface area (Å²) in [6, 6.07) is 13.1. The number of benzene rings is 2. The first-order chi connectivity index (χ1) is 12.3. The lowest BCUT2D eigenvalue weighted by Gasteiger charge is -2.23. The molecule has 6 heteroatoms. The van der Waals surface area contributed by atoms with Gasteiger partial charge in [0.2, 0.25) is 15.9 Å². The average Bonchev–Trinajstić information content (AvgIpc) is 2.60. The van der Waals surface area contributed by atoms with E-state index in [-0.39, 0.29) is 12.5 Å². The molecule has 140 valence electrons. The smallest absolute Gasteiger partial charge is 0.245 e. The third-order valence-corrected chi connectivity index (χ3v) is 5.47. The molecule has 0 radical (unpaired) electrons. The molecule has 0 spiro atoms. The van der Waals surface area contributed by atoms with Crippen molar-refractivity contribution in [2.45, 2.75) is 33.6 Å². The van der Waals surface area contributed by atoms with Gasteiger partial charge in [-0.15, -0.1) is 0 Å². The number of nitrogens with one attached hydrogen (secondary N) is 1. The van der Waals surface area contributed by atoms with Crippen LogP contribution in [0.1, 0.15) is 30.5 Å². The van der Waals surface area contributed by atoms with Crippen molar-refractivity contribution in [2.75, 3.05) is 22.4 Å². The number of carbonyl (C=O) groups excluding carboxylic acids is 1. The molecule has 0 aliphatic rings. The largest absolute Gasteiger partial charge is 0.324 e. The standard InChI is InChI=1S/C20H26N2O3S/c1-5-16-10-12-18(13-11-16)22(26(4,24)25)14-19(23)21-20-15(3)8-7-9-17(20)6-2/h7-13H,5-6,14H2,1-4H3,(H,21,23). The van der Waals surface area contributed by atoms with Crippen molar-refractivity contribution in [3.8, 4) is 0 Å². The molecule has 0 aliphatic heterocycles. The number of rotatable bonds is 7. The molecule has 2 aromatic carbocycles. The number of nitrogens with zero attached hydrogens (tertiary/aromatic N) is 1. The van der Waals surface area contributed by atoms with Crippen molar-refractivity contribution < 1.29 is 13.2 Å². The van der Waals surface area contributed by atoms with Gasteiger partial charge < -0.3 is 5.32 Å². The van der Waals surface area contributed by atoms with Gasteiger partial charge in [0.05, 0.1) is 11.9 Å². The van der Waals surface area contributed by atoms with Crippen LogP contribution in [-0.2, 0) is 27.7 Å². The molecule has 0 saturated heterocycles. The summed E-state index contributed by atoms with van der Waals surface area (Å²) in [6.45, 7) is 5.71. The van der Waals surface area contributed by atoms with E-state index in [0.29, 0.717) is 5.69 Å². The predicted molar refractivity (Wildman–Crippen MR) is 107 cm³/mol. The van der Waals surface area contributed by atoms with Crippen LogP contribution in [0.25, 0.3) is 0 Å². The van der Waals surface area contributed by atoms with E-state index in [0.717, 1.165) is 45.8 Å². The van der Waals surface area contributed by atoms with Crippen molar-refractivity contribution in [1.29, 1.82) is 0 Å². The molecule has 2 aromatic rings. The fourth-order valence-corrected chi connectivity index (χ4v) is 3.67. The van der Waals surface area contributed by atoms with Gasteiger partial charge in [0.25, 0.3) is 0 Å². The Morgan fingerprint density at radius 2 is 1.69 bits per heavy atom. The summed E-state index contributed by atoms with van der Waals surface area (Å²) in [7, 11) is -3.58. The Bertz CT molecular complexity index is 874. The lowest BCUT2D eigenvalue weighted by Crippen LogP contribution is -2.37. The van der Waals surface area contributed by atoms with E-state index >= 15 is 0 Å². The molecule has 0 aromatic heterocycles. The third kappa shape index (κ3) is 4.85. The molecule has 0 heterocycles. The van der Waals surface area contributed by atoms with Crippen LogP contribution in [0, 0.1) is 6.92 Å². The van der Waals surface area contributed by atoms with Crippen molar-refractivity contribution >= 4 is 27.3 Å². The van der Waals surface area contributed by atoms with Crippen LogP contribution in [0.3, 0.4) is 0 Å². The first-order valence-electron chi connectivity index (χ1n) is 8.71. The number of anilines is 2. The van der Waals surface area contributed by atoms with Gasteiger partial charge in [-0.3, -0.25) is 9.10 Å². The van der Waals surface area contributed by atoms with E-state index in [1.165, 1.54) is 0 Å². The topological polar surface area (TPSA) is 66.5 Å². The summed E-state index contributed by atoms with van der Waals surface area (Å²) in [5.74, 6) is -0.362. The van der Waals surface area contributed by atoms with E-state index in [9.17, 15) is 13.2 Å². The molecule has 0 saturated carbocycles. The second-order valence-electron chi connectivity index (χ2n) is 6.30. The Balaban J connectivity index is 2.25. The van der Waals surface area contributed by atoms with Crippen LogP contribution in [0.4, 0.5) is 11.4 Å². The van der Waals surface area contributed by atoms with Crippen LogP contribution in [-0.4, -0.2) is 27.1 Å². The van der Waals surface area contributed by atoms with Crippen molar-refractivity contribution in [3.05, 3.63) is 59.2 Å². The zero-order valence-electron chi connectivity index (χ0n) is 15.7. The maximum Gasteiger partial charge on any atom is 0.245 e. The van der Waals surface area contributed by atoms with Gasteiger partial charge in [0, 0.05) is 5.69 Å². The first kappa shape index (κ1) is 20.0. The molecular formula is C20H26N2O3S. The number of carbonyl (C=O) groups is 1. The van der Waals surface area contributed by atoms with E-state index in [2.05, 4.69) is 5.32 Å². The second kappa shape index (κ2) is 8.36.